The quantitative estimate of drug-likeness (QED) is 0.743. The number of aliphatic hydroxyl groups excluding tert-OH is 2. The van der Waals surface area contributed by atoms with E-state index in [0.717, 1.165) is 12.8 Å². The van der Waals surface area contributed by atoms with Gasteiger partial charge in [-0.15, -0.1) is 0 Å². The van der Waals surface area contributed by atoms with Crippen LogP contribution in [0.1, 0.15) is 29.0 Å². The molecular weight excluding hydrogens is 308 g/mol. The number of benzene rings is 3. The first-order chi connectivity index (χ1) is 12.3. The molecule has 0 heterocycles. The molecule has 0 bridgehead atoms. The van der Waals surface area contributed by atoms with Gasteiger partial charge in [0.05, 0.1) is 6.61 Å². The van der Waals surface area contributed by atoms with E-state index < -0.39 is 0 Å². The fraction of sp³-hybridized carbons (Fsp3) is 0.217. The zero-order chi connectivity index (χ0) is 17.5. The van der Waals surface area contributed by atoms with Gasteiger partial charge in [-0.2, -0.15) is 0 Å². The van der Waals surface area contributed by atoms with Crippen LogP contribution in [0.3, 0.4) is 0 Å². The highest BCUT2D eigenvalue weighted by molar-refractivity contribution is 5.78. The van der Waals surface area contributed by atoms with Gasteiger partial charge in [-0.3, -0.25) is 0 Å². The minimum absolute atomic E-state index is 0.164. The maximum absolute atomic E-state index is 9.46. The zero-order valence-corrected chi connectivity index (χ0v) is 14.3. The molecule has 0 fully saturated rings. The Hall–Kier alpha value is -2.42. The molecule has 0 saturated carbocycles. The topological polar surface area (TPSA) is 40.5 Å². The Morgan fingerprint density at radius 3 is 1.68 bits per heavy atom. The minimum Gasteiger partial charge on any atom is -0.396 e. The van der Waals surface area contributed by atoms with Crippen molar-refractivity contribution in [1.29, 1.82) is 0 Å². The molecule has 4 rings (SSSR count). The van der Waals surface area contributed by atoms with E-state index in [1.807, 2.05) is 30.3 Å². The summed E-state index contributed by atoms with van der Waals surface area (Å²) >= 11 is 0. The van der Waals surface area contributed by atoms with Crippen LogP contribution in [0.25, 0.3) is 11.1 Å². The highest BCUT2D eigenvalue weighted by Crippen LogP contribution is 2.43. The van der Waals surface area contributed by atoms with Crippen molar-refractivity contribution in [1.82, 2.24) is 0 Å². The third-order valence-electron chi connectivity index (χ3n) is 4.61. The van der Waals surface area contributed by atoms with Crippen LogP contribution in [-0.4, -0.2) is 23.4 Å². The van der Waals surface area contributed by atoms with Gasteiger partial charge < -0.3 is 10.2 Å². The molecule has 128 valence electrons. The van der Waals surface area contributed by atoms with Crippen molar-refractivity contribution in [3.05, 3.63) is 95.6 Å². The van der Waals surface area contributed by atoms with Gasteiger partial charge in [0.1, 0.15) is 0 Å². The van der Waals surface area contributed by atoms with Crippen LogP contribution in [-0.2, 0) is 6.42 Å². The van der Waals surface area contributed by atoms with E-state index in [9.17, 15) is 5.11 Å². The Kier molecular flexibility index (Phi) is 5.99. The van der Waals surface area contributed by atoms with E-state index in [-0.39, 0.29) is 19.1 Å². The molecule has 0 amide bonds. The Bertz CT molecular complexity index is 750. The number of hydrogen-bond donors (Lipinski definition) is 2. The molecule has 0 aromatic heterocycles. The lowest BCUT2D eigenvalue weighted by atomic mass is 9.98. The van der Waals surface area contributed by atoms with Gasteiger partial charge in [-0.1, -0.05) is 78.9 Å². The average Bonchev–Trinajstić information content (AvgIpc) is 3.01. The van der Waals surface area contributed by atoms with Crippen molar-refractivity contribution < 1.29 is 10.2 Å². The van der Waals surface area contributed by atoms with E-state index in [2.05, 4.69) is 48.5 Å². The van der Waals surface area contributed by atoms with Crippen LogP contribution < -0.4 is 0 Å². The van der Waals surface area contributed by atoms with Gasteiger partial charge in [0.2, 0.25) is 0 Å². The van der Waals surface area contributed by atoms with E-state index in [4.69, 9.17) is 5.11 Å². The number of aliphatic hydroxyl groups is 2. The van der Waals surface area contributed by atoms with Gasteiger partial charge in [-0.05, 0) is 40.7 Å². The Labute approximate surface area is 149 Å². The van der Waals surface area contributed by atoms with Crippen molar-refractivity contribution in [3.8, 4) is 11.1 Å². The largest absolute Gasteiger partial charge is 0.396 e. The summed E-state index contributed by atoms with van der Waals surface area (Å²) in [5, 5.41) is 18.0. The molecule has 0 atom stereocenters. The normalized spacial score (nSPS) is 12.1. The second kappa shape index (κ2) is 8.61. The summed E-state index contributed by atoms with van der Waals surface area (Å²) in [6.07, 6.45) is 1.85. The summed E-state index contributed by atoms with van der Waals surface area (Å²) in [4.78, 5) is 0. The third kappa shape index (κ3) is 3.98. The molecular formula is C23H24O2. The highest BCUT2D eigenvalue weighted by Gasteiger charge is 2.26. The first kappa shape index (κ1) is 17.4. The standard InChI is InChI=1S/C14H12O.C9H12O/c15-9-14-12-7-3-1-5-10(12)11-6-2-4-8-13(11)14;10-8-4-7-9-5-2-1-3-6-9/h1-8,14-15H,9H2;1-3,5-6,10H,4,7-8H2. The summed E-state index contributed by atoms with van der Waals surface area (Å²) in [5.41, 5.74) is 6.35. The molecule has 1 aliphatic rings. The molecule has 0 aliphatic heterocycles. The molecule has 0 saturated heterocycles. The summed E-state index contributed by atoms with van der Waals surface area (Å²) in [6.45, 7) is 0.475. The predicted molar refractivity (Wildman–Crippen MR) is 103 cm³/mol. The molecule has 0 radical (unpaired) electrons. The maximum Gasteiger partial charge on any atom is 0.0540 e. The lowest BCUT2D eigenvalue weighted by Crippen LogP contribution is -2.01. The predicted octanol–water partition coefficient (Wildman–Crippen LogP) is 4.40. The number of hydrogen-bond acceptors (Lipinski definition) is 2. The Morgan fingerprint density at radius 2 is 1.16 bits per heavy atom. The number of fused-ring (bicyclic) bond motifs is 3. The van der Waals surface area contributed by atoms with Gasteiger partial charge >= 0.3 is 0 Å². The molecule has 3 aromatic carbocycles. The van der Waals surface area contributed by atoms with Crippen molar-refractivity contribution in [2.24, 2.45) is 0 Å². The molecule has 3 aromatic rings. The van der Waals surface area contributed by atoms with E-state index >= 15 is 0 Å². The molecule has 0 spiro atoms. The first-order valence-corrected chi connectivity index (χ1v) is 8.79. The number of aryl methyl sites for hydroxylation is 1. The summed E-state index contributed by atoms with van der Waals surface area (Å²) in [5.74, 6) is 0.164. The van der Waals surface area contributed by atoms with Crippen molar-refractivity contribution >= 4 is 0 Å². The summed E-state index contributed by atoms with van der Waals surface area (Å²) in [7, 11) is 0. The van der Waals surface area contributed by atoms with E-state index in [0.29, 0.717) is 0 Å². The van der Waals surface area contributed by atoms with Crippen LogP contribution in [0.2, 0.25) is 0 Å². The Balaban J connectivity index is 0.000000160. The summed E-state index contributed by atoms with van der Waals surface area (Å²) in [6, 6.07) is 26.8. The third-order valence-corrected chi connectivity index (χ3v) is 4.61. The van der Waals surface area contributed by atoms with E-state index in [1.54, 1.807) is 0 Å². The minimum atomic E-state index is 0.164. The molecule has 2 heteroatoms. The van der Waals surface area contributed by atoms with Crippen LogP contribution in [0.5, 0.6) is 0 Å². The zero-order valence-electron chi connectivity index (χ0n) is 14.3. The lowest BCUT2D eigenvalue weighted by Gasteiger charge is -2.08. The van der Waals surface area contributed by atoms with Crippen molar-refractivity contribution in [3.63, 3.8) is 0 Å². The van der Waals surface area contributed by atoms with Crippen molar-refractivity contribution in [2.45, 2.75) is 18.8 Å². The maximum atomic E-state index is 9.46. The van der Waals surface area contributed by atoms with Crippen LogP contribution in [0.4, 0.5) is 0 Å². The molecule has 25 heavy (non-hydrogen) atoms. The van der Waals surface area contributed by atoms with Gasteiger partial charge in [0.15, 0.2) is 0 Å². The first-order valence-electron chi connectivity index (χ1n) is 8.79. The Morgan fingerprint density at radius 1 is 0.640 bits per heavy atom. The van der Waals surface area contributed by atoms with Crippen LogP contribution in [0.15, 0.2) is 78.9 Å². The molecule has 2 nitrogen and oxygen atoms in total. The van der Waals surface area contributed by atoms with Gasteiger partial charge in [0.25, 0.3) is 0 Å². The van der Waals surface area contributed by atoms with E-state index in [1.165, 1.54) is 27.8 Å². The SMILES string of the molecule is OCC1c2ccccc2-c2ccccc21.OCCCc1ccccc1. The highest BCUT2D eigenvalue weighted by atomic mass is 16.3. The molecule has 0 unspecified atom stereocenters. The average molecular weight is 332 g/mol. The summed E-state index contributed by atoms with van der Waals surface area (Å²) < 4.78 is 0. The molecule has 2 N–H and O–H groups in total. The van der Waals surface area contributed by atoms with Gasteiger partial charge in [0, 0.05) is 12.5 Å². The fourth-order valence-electron chi connectivity index (χ4n) is 3.38. The number of rotatable bonds is 4. The van der Waals surface area contributed by atoms with Crippen molar-refractivity contribution in [2.75, 3.05) is 13.2 Å². The molecule has 1 aliphatic carbocycles. The second-order valence-electron chi connectivity index (χ2n) is 6.22. The lowest BCUT2D eigenvalue weighted by molar-refractivity contribution is 0.282. The van der Waals surface area contributed by atoms with Crippen LogP contribution >= 0.6 is 0 Å². The monoisotopic (exact) mass is 332 g/mol. The second-order valence-corrected chi connectivity index (χ2v) is 6.22. The smallest absolute Gasteiger partial charge is 0.0540 e. The van der Waals surface area contributed by atoms with Gasteiger partial charge in [-0.25, -0.2) is 0 Å². The van der Waals surface area contributed by atoms with Crippen LogP contribution in [0, 0.1) is 0 Å². The fourth-order valence-corrected chi connectivity index (χ4v) is 3.38.